The summed E-state index contributed by atoms with van der Waals surface area (Å²) >= 11 is 10.7. The lowest BCUT2D eigenvalue weighted by atomic mass is 10.1. The van der Waals surface area contributed by atoms with E-state index in [4.69, 9.17) is 0 Å². The van der Waals surface area contributed by atoms with Crippen molar-refractivity contribution in [3.63, 3.8) is 0 Å². The van der Waals surface area contributed by atoms with Gasteiger partial charge in [-0.05, 0) is 78.6 Å². The SMILES string of the molecule is Cc1cccc(C(O)c2cc(Br)c(Br)s2)c1I. The van der Waals surface area contributed by atoms with Gasteiger partial charge in [0.25, 0.3) is 0 Å². The number of aryl methyl sites for hydroxylation is 1. The number of aliphatic hydroxyl groups excluding tert-OH is 1. The normalized spacial score (nSPS) is 12.8. The van der Waals surface area contributed by atoms with Crippen molar-refractivity contribution in [2.24, 2.45) is 0 Å². The first-order chi connectivity index (χ1) is 8.00. The third-order valence-corrected chi connectivity index (χ3v) is 7.23. The van der Waals surface area contributed by atoms with Crippen LogP contribution in [0.25, 0.3) is 0 Å². The van der Waals surface area contributed by atoms with Gasteiger partial charge < -0.3 is 5.11 Å². The quantitative estimate of drug-likeness (QED) is 0.572. The van der Waals surface area contributed by atoms with Crippen LogP contribution >= 0.6 is 65.8 Å². The summed E-state index contributed by atoms with van der Waals surface area (Å²) < 4.78 is 3.12. The molecule has 90 valence electrons. The van der Waals surface area contributed by atoms with Crippen LogP contribution in [-0.4, -0.2) is 5.11 Å². The number of hydrogen-bond acceptors (Lipinski definition) is 2. The zero-order valence-electron chi connectivity index (χ0n) is 8.88. The van der Waals surface area contributed by atoms with Crippen molar-refractivity contribution in [2.75, 3.05) is 0 Å². The van der Waals surface area contributed by atoms with Crippen LogP contribution < -0.4 is 0 Å². The second-order valence-corrected chi connectivity index (χ2v) is 7.99. The fourth-order valence-corrected chi connectivity index (χ4v) is 4.28. The number of aliphatic hydroxyl groups is 1. The minimum Gasteiger partial charge on any atom is -0.383 e. The lowest BCUT2D eigenvalue weighted by Gasteiger charge is -2.12. The molecule has 17 heavy (non-hydrogen) atoms. The molecule has 5 heteroatoms. The predicted molar refractivity (Wildman–Crippen MR) is 87.7 cm³/mol. The Balaban J connectivity index is 2.43. The van der Waals surface area contributed by atoms with Gasteiger partial charge in [-0.1, -0.05) is 18.2 Å². The van der Waals surface area contributed by atoms with Gasteiger partial charge in [0.15, 0.2) is 0 Å². The number of rotatable bonds is 2. The lowest BCUT2D eigenvalue weighted by Crippen LogP contribution is -2.01. The molecule has 0 saturated heterocycles. The molecule has 2 aromatic rings. The number of hydrogen-bond donors (Lipinski definition) is 1. The van der Waals surface area contributed by atoms with E-state index in [0.29, 0.717) is 0 Å². The van der Waals surface area contributed by atoms with E-state index in [2.05, 4.69) is 67.4 Å². The Morgan fingerprint density at radius 1 is 1.35 bits per heavy atom. The van der Waals surface area contributed by atoms with Crippen LogP contribution in [0.1, 0.15) is 22.1 Å². The fraction of sp³-hybridized carbons (Fsp3) is 0.167. The number of halogens is 3. The maximum absolute atomic E-state index is 10.4. The van der Waals surface area contributed by atoms with Gasteiger partial charge in [0.05, 0.1) is 3.79 Å². The summed E-state index contributed by atoms with van der Waals surface area (Å²) in [6.07, 6.45) is -0.561. The third kappa shape index (κ3) is 2.94. The molecule has 0 amide bonds. The molecule has 0 fully saturated rings. The molecule has 0 saturated carbocycles. The lowest BCUT2D eigenvalue weighted by molar-refractivity contribution is 0.223. The highest BCUT2D eigenvalue weighted by Crippen LogP contribution is 2.38. The van der Waals surface area contributed by atoms with Crippen molar-refractivity contribution in [1.82, 2.24) is 0 Å². The summed E-state index contributed by atoms with van der Waals surface area (Å²) in [6.45, 7) is 2.05. The van der Waals surface area contributed by atoms with E-state index in [1.165, 1.54) is 5.56 Å². The van der Waals surface area contributed by atoms with Crippen molar-refractivity contribution in [3.8, 4) is 0 Å². The molecule has 0 aliphatic heterocycles. The molecule has 0 aliphatic rings. The molecule has 1 aromatic heterocycles. The highest BCUT2D eigenvalue weighted by molar-refractivity contribution is 14.1. The minimum absolute atomic E-state index is 0.561. The molecule has 2 rings (SSSR count). The molecule has 0 bridgehead atoms. The molecule has 0 aliphatic carbocycles. The second-order valence-electron chi connectivity index (χ2n) is 3.65. The highest BCUT2D eigenvalue weighted by atomic mass is 127. The van der Waals surface area contributed by atoms with Crippen molar-refractivity contribution in [1.29, 1.82) is 0 Å². The van der Waals surface area contributed by atoms with Crippen LogP contribution in [0, 0.1) is 10.5 Å². The Labute approximate surface area is 135 Å². The largest absolute Gasteiger partial charge is 0.383 e. The Bertz CT molecular complexity index is 534. The molecule has 1 aromatic carbocycles. The van der Waals surface area contributed by atoms with Crippen LogP contribution in [-0.2, 0) is 0 Å². The number of benzene rings is 1. The van der Waals surface area contributed by atoms with E-state index < -0.39 is 6.10 Å². The molecule has 1 nitrogen and oxygen atoms in total. The van der Waals surface area contributed by atoms with E-state index in [-0.39, 0.29) is 0 Å². The van der Waals surface area contributed by atoms with Gasteiger partial charge in [-0.25, -0.2) is 0 Å². The molecular formula is C12H9Br2IOS. The predicted octanol–water partition coefficient (Wildman–Crippen LogP) is 5.27. The number of thiophene rings is 1. The van der Waals surface area contributed by atoms with Crippen molar-refractivity contribution in [3.05, 3.63) is 52.1 Å². The summed E-state index contributed by atoms with van der Waals surface area (Å²) in [6, 6.07) is 7.96. The molecule has 0 radical (unpaired) electrons. The second kappa shape index (κ2) is 5.69. The van der Waals surface area contributed by atoms with Gasteiger partial charge in [-0.3, -0.25) is 0 Å². The summed E-state index contributed by atoms with van der Waals surface area (Å²) in [5, 5.41) is 10.4. The van der Waals surface area contributed by atoms with Crippen LogP contribution in [0.2, 0.25) is 0 Å². The third-order valence-electron chi connectivity index (χ3n) is 2.45. The van der Waals surface area contributed by atoms with Gasteiger partial charge >= 0.3 is 0 Å². The first-order valence-corrected chi connectivity index (χ1v) is 8.36. The van der Waals surface area contributed by atoms with Crippen molar-refractivity contribution < 1.29 is 5.11 Å². The van der Waals surface area contributed by atoms with E-state index in [1.807, 2.05) is 18.2 Å². The van der Waals surface area contributed by atoms with E-state index in [1.54, 1.807) is 11.3 Å². The van der Waals surface area contributed by atoms with Gasteiger partial charge in [-0.2, -0.15) is 0 Å². The average Bonchev–Trinajstić information content (AvgIpc) is 2.62. The molecule has 1 atom stereocenters. The Morgan fingerprint density at radius 2 is 2.06 bits per heavy atom. The Kier molecular flexibility index (Phi) is 4.68. The minimum atomic E-state index is -0.561. The van der Waals surface area contributed by atoms with Crippen LogP contribution in [0.4, 0.5) is 0 Å². The molecule has 1 N–H and O–H groups in total. The average molecular weight is 488 g/mol. The first kappa shape index (κ1) is 14.0. The smallest absolute Gasteiger partial charge is 0.114 e. The molecule has 1 unspecified atom stereocenters. The topological polar surface area (TPSA) is 20.2 Å². The van der Waals surface area contributed by atoms with Gasteiger partial charge in [0, 0.05) is 12.9 Å². The zero-order valence-corrected chi connectivity index (χ0v) is 15.0. The molecule has 1 heterocycles. The zero-order chi connectivity index (χ0) is 12.6. The summed E-state index contributed by atoms with van der Waals surface area (Å²) in [4.78, 5) is 0.937. The van der Waals surface area contributed by atoms with Crippen molar-refractivity contribution in [2.45, 2.75) is 13.0 Å². The fourth-order valence-electron chi connectivity index (χ4n) is 1.53. The van der Waals surface area contributed by atoms with Crippen LogP contribution in [0.5, 0.6) is 0 Å². The molecular weight excluding hydrogens is 479 g/mol. The van der Waals surface area contributed by atoms with Crippen molar-refractivity contribution >= 4 is 65.8 Å². The Hall–Kier alpha value is 0.570. The maximum atomic E-state index is 10.4. The summed E-state index contributed by atoms with van der Waals surface area (Å²) in [5.41, 5.74) is 2.16. The first-order valence-electron chi connectivity index (χ1n) is 4.88. The standard InChI is InChI=1S/C12H9Br2IOS/c1-6-3-2-4-7(10(6)15)11(16)9-5-8(13)12(14)17-9/h2-5,11,16H,1H3. The molecule has 0 spiro atoms. The van der Waals surface area contributed by atoms with E-state index in [0.717, 1.165) is 22.3 Å². The van der Waals surface area contributed by atoms with Crippen LogP contribution in [0.15, 0.2) is 32.5 Å². The van der Waals surface area contributed by atoms with E-state index >= 15 is 0 Å². The Morgan fingerprint density at radius 3 is 2.65 bits per heavy atom. The van der Waals surface area contributed by atoms with Gasteiger partial charge in [-0.15, -0.1) is 11.3 Å². The van der Waals surface area contributed by atoms with Gasteiger partial charge in [0.1, 0.15) is 6.10 Å². The maximum Gasteiger partial charge on any atom is 0.114 e. The summed E-state index contributed by atoms with van der Waals surface area (Å²) in [5.74, 6) is 0. The van der Waals surface area contributed by atoms with Gasteiger partial charge in [0.2, 0.25) is 0 Å². The monoisotopic (exact) mass is 486 g/mol. The highest BCUT2D eigenvalue weighted by Gasteiger charge is 2.17. The van der Waals surface area contributed by atoms with E-state index in [9.17, 15) is 5.11 Å². The summed E-state index contributed by atoms with van der Waals surface area (Å²) in [7, 11) is 0. The van der Waals surface area contributed by atoms with Crippen LogP contribution in [0.3, 0.4) is 0 Å².